The molecule has 1 unspecified atom stereocenters. The van der Waals surface area contributed by atoms with Crippen LogP contribution in [0.5, 0.6) is 5.75 Å². The maximum absolute atomic E-state index is 12.2. The summed E-state index contributed by atoms with van der Waals surface area (Å²) in [6.45, 7) is 3.64. The summed E-state index contributed by atoms with van der Waals surface area (Å²) in [6, 6.07) is 13.5. The molecule has 0 bridgehead atoms. The fourth-order valence-electron chi connectivity index (χ4n) is 1.97. The second-order valence-corrected chi connectivity index (χ2v) is 5.39. The number of hydrogen-bond acceptors (Lipinski definition) is 4. The molecular weight excluding hydrogens is 330 g/mol. The van der Waals surface area contributed by atoms with E-state index in [1.54, 1.807) is 62.4 Å². The van der Waals surface area contributed by atoms with Crippen LogP contribution in [0.4, 0.5) is 5.69 Å². The molecular formula is C18H18ClNO4. The Bertz CT molecular complexity index is 732. The van der Waals surface area contributed by atoms with Crippen molar-refractivity contribution in [3.05, 3.63) is 59.1 Å². The highest BCUT2D eigenvalue weighted by atomic mass is 35.5. The SMILES string of the molecule is CCOC(=O)c1cccc(NC(=O)C(C)Oc2ccccc2Cl)c1. The summed E-state index contributed by atoms with van der Waals surface area (Å²) >= 11 is 6.01. The maximum Gasteiger partial charge on any atom is 0.338 e. The average Bonchev–Trinajstić information content (AvgIpc) is 2.57. The van der Waals surface area contributed by atoms with E-state index >= 15 is 0 Å². The van der Waals surface area contributed by atoms with Gasteiger partial charge in [-0.1, -0.05) is 29.8 Å². The van der Waals surface area contributed by atoms with Gasteiger partial charge in [-0.3, -0.25) is 4.79 Å². The zero-order chi connectivity index (χ0) is 17.5. The third kappa shape index (κ3) is 4.73. The Hall–Kier alpha value is -2.53. The van der Waals surface area contributed by atoms with E-state index < -0.39 is 12.1 Å². The zero-order valence-corrected chi connectivity index (χ0v) is 14.2. The van der Waals surface area contributed by atoms with Gasteiger partial charge in [0.25, 0.3) is 5.91 Å². The molecule has 2 aromatic rings. The fraction of sp³-hybridized carbons (Fsp3) is 0.222. The van der Waals surface area contributed by atoms with E-state index in [1.165, 1.54) is 0 Å². The lowest BCUT2D eigenvalue weighted by Crippen LogP contribution is -2.30. The number of hydrogen-bond donors (Lipinski definition) is 1. The summed E-state index contributed by atoms with van der Waals surface area (Å²) in [4.78, 5) is 24.0. The number of nitrogens with one attached hydrogen (secondary N) is 1. The Labute approximate surface area is 145 Å². The molecule has 126 valence electrons. The second-order valence-electron chi connectivity index (χ2n) is 4.98. The van der Waals surface area contributed by atoms with Crippen molar-refractivity contribution in [3.63, 3.8) is 0 Å². The molecule has 2 rings (SSSR count). The lowest BCUT2D eigenvalue weighted by atomic mass is 10.2. The van der Waals surface area contributed by atoms with E-state index in [0.29, 0.717) is 22.0 Å². The molecule has 0 heterocycles. The Balaban J connectivity index is 2.02. The lowest BCUT2D eigenvalue weighted by Gasteiger charge is -2.15. The Kier molecular flexibility index (Phi) is 6.21. The summed E-state index contributed by atoms with van der Waals surface area (Å²) < 4.78 is 10.5. The number of benzene rings is 2. The number of anilines is 1. The fourth-order valence-corrected chi connectivity index (χ4v) is 2.15. The highest BCUT2D eigenvalue weighted by Crippen LogP contribution is 2.24. The minimum atomic E-state index is -0.754. The van der Waals surface area contributed by atoms with Gasteiger partial charge in [-0.15, -0.1) is 0 Å². The topological polar surface area (TPSA) is 64.6 Å². The second kappa shape index (κ2) is 8.36. The Morgan fingerprint density at radius 3 is 2.62 bits per heavy atom. The van der Waals surface area contributed by atoms with Crippen LogP contribution in [0.3, 0.4) is 0 Å². The predicted molar refractivity (Wildman–Crippen MR) is 92.6 cm³/mol. The smallest absolute Gasteiger partial charge is 0.338 e. The van der Waals surface area contributed by atoms with Crippen LogP contribution < -0.4 is 10.1 Å². The monoisotopic (exact) mass is 347 g/mol. The van der Waals surface area contributed by atoms with Gasteiger partial charge in [-0.2, -0.15) is 0 Å². The zero-order valence-electron chi connectivity index (χ0n) is 13.4. The van der Waals surface area contributed by atoms with Crippen LogP contribution in [-0.4, -0.2) is 24.6 Å². The van der Waals surface area contributed by atoms with Crippen LogP contribution in [-0.2, 0) is 9.53 Å². The van der Waals surface area contributed by atoms with E-state index in [2.05, 4.69) is 5.32 Å². The number of para-hydroxylation sites is 1. The van der Waals surface area contributed by atoms with Gasteiger partial charge in [0.15, 0.2) is 6.10 Å². The molecule has 24 heavy (non-hydrogen) atoms. The Morgan fingerprint density at radius 1 is 1.17 bits per heavy atom. The minimum Gasteiger partial charge on any atom is -0.479 e. The lowest BCUT2D eigenvalue weighted by molar-refractivity contribution is -0.122. The van der Waals surface area contributed by atoms with Crippen molar-refractivity contribution in [3.8, 4) is 5.75 Å². The van der Waals surface area contributed by atoms with Gasteiger partial charge in [-0.05, 0) is 44.2 Å². The van der Waals surface area contributed by atoms with Gasteiger partial charge in [0.05, 0.1) is 17.2 Å². The van der Waals surface area contributed by atoms with E-state index in [9.17, 15) is 9.59 Å². The van der Waals surface area contributed by atoms with Gasteiger partial charge in [-0.25, -0.2) is 4.79 Å². The average molecular weight is 348 g/mol. The van der Waals surface area contributed by atoms with E-state index in [-0.39, 0.29) is 12.5 Å². The van der Waals surface area contributed by atoms with E-state index in [1.807, 2.05) is 0 Å². The molecule has 1 N–H and O–H groups in total. The summed E-state index contributed by atoms with van der Waals surface area (Å²) in [7, 11) is 0. The number of carbonyl (C=O) groups excluding carboxylic acids is 2. The van der Waals surface area contributed by atoms with Gasteiger partial charge in [0.1, 0.15) is 5.75 Å². The minimum absolute atomic E-state index is 0.290. The first-order valence-electron chi connectivity index (χ1n) is 7.50. The van der Waals surface area contributed by atoms with Gasteiger partial charge >= 0.3 is 5.97 Å². The maximum atomic E-state index is 12.2. The molecule has 0 radical (unpaired) electrons. The van der Waals surface area contributed by atoms with Gasteiger partial charge < -0.3 is 14.8 Å². The highest BCUT2D eigenvalue weighted by molar-refractivity contribution is 6.32. The molecule has 0 aromatic heterocycles. The number of ether oxygens (including phenoxy) is 2. The molecule has 0 aliphatic heterocycles. The molecule has 0 aliphatic carbocycles. The number of esters is 1. The molecule has 1 atom stereocenters. The van der Waals surface area contributed by atoms with Crippen LogP contribution in [0, 0.1) is 0 Å². The van der Waals surface area contributed by atoms with Crippen molar-refractivity contribution >= 4 is 29.2 Å². The van der Waals surface area contributed by atoms with Crippen LogP contribution in [0.25, 0.3) is 0 Å². The summed E-state index contributed by atoms with van der Waals surface area (Å²) in [6.07, 6.45) is -0.754. The molecule has 2 aromatic carbocycles. The summed E-state index contributed by atoms with van der Waals surface area (Å²) in [5, 5.41) is 3.14. The van der Waals surface area contributed by atoms with Crippen molar-refractivity contribution in [2.24, 2.45) is 0 Å². The summed E-state index contributed by atoms with van der Waals surface area (Å²) in [5.74, 6) is -0.355. The quantitative estimate of drug-likeness (QED) is 0.804. The molecule has 1 amide bonds. The first-order valence-corrected chi connectivity index (χ1v) is 7.88. The van der Waals surface area contributed by atoms with Crippen molar-refractivity contribution in [1.29, 1.82) is 0 Å². The number of carbonyl (C=O) groups is 2. The van der Waals surface area contributed by atoms with Crippen LogP contribution >= 0.6 is 11.6 Å². The standard InChI is InChI=1S/C18H18ClNO4/c1-3-23-18(22)13-7-6-8-14(11-13)20-17(21)12(2)24-16-10-5-4-9-15(16)19/h4-12H,3H2,1-2H3,(H,20,21). The number of rotatable bonds is 6. The summed E-state index contributed by atoms with van der Waals surface area (Å²) in [5.41, 5.74) is 0.856. The number of amides is 1. The third-order valence-electron chi connectivity index (χ3n) is 3.15. The molecule has 5 nitrogen and oxygen atoms in total. The molecule has 0 saturated heterocycles. The van der Waals surface area contributed by atoms with Crippen molar-refractivity contribution in [1.82, 2.24) is 0 Å². The van der Waals surface area contributed by atoms with E-state index in [4.69, 9.17) is 21.1 Å². The molecule has 0 spiro atoms. The molecule has 6 heteroatoms. The Morgan fingerprint density at radius 2 is 1.92 bits per heavy atom. The predicted octanol–water partition coefficient (Wildman–Crippen LogP) is 3.92. The largest absolute Gasteiger partial charge is 0.479 e. The first kappa shape index (κ1) is 17.8. The van der Waals surface area contributed by atoms with Crippen LogP contribution in [0.15, 0.2) is 48.5 Å². The van der Waals surface area contributed by atoms with Crippen molar-refractivity contribution in [2.45, 2.75) is 20.0 Å². The highest BCUT2D eigenvalue weighted by Gasteiger charge is 2.17. The van der Waals surface area contributed by atoms with E-state index in [0.717, 1.165) is 0 Å². The normalized spacial score (nSPS) is 11.5. The third-order valence-corrected chi connectivity index (χ3v) is 3.46. The van der Waals surface area contributed by atoms with Crippen molar-refractivity contribution in [2.75, 3.05) is 11.9 Å². The van der Waals surface area contributed by atoms with Crippen molar-refractivity contribution < 1.29 is 19.1 Å². The van der Waals surface area contributed by atoms with Crippen LogP contribution in [0.1, 0.15) is 24.2 Å². The van der Waals surface area contributed by atoms with Gasteiger partial charge in [0.2, 0.25) is 0 Å². The molecule has 0 fully saturated rings. The molecule has 0 saturated carbocycles. The number of halogens is 1. The first-order chi connectivity index (χ1) is 11.5. The van der Waals surface area contributed by atoms with Crippen LogP contribution in [0.2, 0.25) is 5.02 Å². The molecule has 0 aliphatic rings. The van der Waals surface area contributed by atoms with Gasteiger partial charge in [0, 0.05) is 5.69 Å².